The molecule has 164 valence electrons. The molecular weight excluding hydrogens is 396 g/mol. The smallest absolute Gasteiger partial charge is 0.326 e. The number of nitrogens with two attached hydrogens (primary N) is 1. The summed E-state index contributed by atoms with van der Waals surface area (Å²) in [5.74, 6) is -4.58. The Bertz CT molecular complexity index is 769. The van der Waals surface area contributed by atoms with Crippen molar-refractivity contribution in [1.82, 2.24) is 16.0 Å². The summed E-state index contributed by atoms with van der Waals surface area (Å²) >= 11 is 0. The van der Waals surface area contributed by atoms with Gasteiger partial charge in [-0.05, 0) is 18.9 Å². The van der Waals surface area contributed by atoms with Gasteiger partial charge in [-0.25, -0.2) is 4.79 Å². The molecule has 0 heterocycles. The zero-order valence-corrected chi connectivity index (χ0v) is 16.5. The lowest BCUT2D eigenvalue weighted by atomic mass is 10.1. The molecule has 3 unspecified atom stereocenters. The number of nitrogens with one attached hydrogen (secondary N) is 3. The number of carbonyl (C=O) groups excluding carboxylic acids is 3. The largest absolute Gasteiger partial charge is 0.481 e. The van der Waals surface area contributed by atoms with Crippen molar-refractivity contribution < 1.29 is 34.2 Å². The van der Waals surface area contributed by atoms with E-state index in [1.165, 1.54) is 6.92 Å². The summed E-state index contributed by atoms with van der Waals surface area (Å²) in [6, 6.07) is 5.17. The monoisotopic (exact) mass is 422 g/mol. The lowest BCUT2D eigenvalue weighted by molar-refractivity contribution is -0.142. The molecule has 30 heavy (non-hydrogen) atoms. The Labute approximate surface area is 173 Å². The number of carbonyl (C=O) groups is 5. The number of hydrogen-bond donors (Lipinski definition) is 6. The molecule has 1 aromatic carbocycles. The third-order valence-electron chi connectivity index (χ3n) is 4.13. The number of benzene rings is 1. The van der Waals surface area contributed by atoms with Gasteiger partial charge >= 0.3 is 11.9 Å². The summed E-state index contributed by atoms with van der Waals surface area (Å²) in [5.41, 5.74) is 5.90. The summed E-state index contributed by atoms with van der Waals surface area (Å²) in [6.07, 6.45) is -0.537. The zero-order chi connectivity index (χ0) is 22.7. The highest BCUT2D eigenvalue weighted by molar-refractivity contribution is 5.93. The number of aliphatic carboxylic acids is 2. The van der Waals surface area contributed by atoms with E-state index in [4.69, 9.17) is 10.8 Å². The van der Waals surface area contributed by atoms with E-state index >= 15 is 0 Å². The first-order valence-corrected chi connectivity index (χ1v) is 9.22. The predicted molar refractivity (Wildman–Crippen MR) is 105 cm³/mol. The molecule has 0 radical (unpaired) electrons. The fraction of sp³-hybridized carbons (Fsp3) is 0.421. The second-order valence-electron chi connectivity index (χ2n) is 6.58. The van der Waals surface area contributed by atoms with Gasteiger partial charge in [-0.3, -0.25) is 19.2 Å². The molecule has 1 rings (SSSR count). The average molecular weight is 422 g/mol. The second kappa shape index (κ2) is 12.2. The number of carboxylic acid groups (broad SMARTS) is 2. The Morgan fingerprint density at radius 2 is 1.57 bits per heavy atom. The van der Waals surface area contributed by atoms with E-state index in [0.717, 1.165) is 0 Å². The summed E-state index contributed by atoms with van der Waals surface area (Å²) in [5, 5.41) is 25.2. The summed E-state index contributed by atoms with van der Waals surface area (Å²) in [4.78, 5) is 58.5. The van der Waals surface area contributed by atoms with Gasteiger partial charge in [0.15, 0.2) is 0 Å². The van der Waals surface area contributed by atoms with Gasteiger partial charge in [0.05, 0.1) is 6.54 Å². The summed E-state index contributed by atoms with van der Waals surface area (Å²) in [6.45, 7) is 0.945. The van der Waals surface area contributed by atoms with Crippen LogP contribution >= 0.6 is 0 Å². The fourth-order valence-electron chi connectivity index (χ4n) is 2.52. The van der Waals surface area contributed by atoms with Gasteiger partial charge < -0.3 is 31.9 Å². The standard InChI is InChI=1S/C19H26N4O7/c1-11(21-18(28)13(7-8-16(25)26)22-15(24)10-20)17(27)23-14(19(29)30)9-12-5-3-2-4-6-12/h2-6,11,13-14H,7-10,20H2,1H3,(H,21,28)(H,22,24)(H,23,27)(H,25,26)(H,29,30). The highest BCUT2D eigenvalue weighted by Crippen LogP contribution is 2.04. The van der Waals surface area contributed by atoms with Crippen LogP contribution in [0.5, 0.6) is 0 Å². The Kier molecular flexibility index (Phi) is 9.97. The van der Waals surface area contributed by atoms with Crippen molar-refractivity contribution in [3.63, 3.8) is 0 Å². The zero-order valence-electron chi connectivity index (χ0n) is 16.5. The molecule has 3 atom stereocenters. The van der Waals surface area contributed by atoms with Gasteiger partial charge in [0.2, 0.25) is 17.7 Å². The first-order valence-electron chi connectivity index (χ1n) is 9.22. The van der Waals surface area contributed by atoms with Crippen LogP contribution in [0.3, 0.4) is 0 Å². The number of carboxylic acids is 2. The normalized spacial score (nSPS) is 13.4. The van der Waals surface area contributed by atoms with Crippen LogP contribution in [0.2, 0.25) is 0 Å². The Hall–Kier alpha value is -3.47. The van der Waals surface area contributed by atoms with Crippen LogP contribution in [-0.4, -0.2) is 64.5 Å². The van der Waals surface area contributed by atoms with Crippen molar-refractivity contribution in [2.45, 2.75) is 44.3 Å². The van der Waals surface area contributed by atoms with E-state index in [-0.39, 0.29) is 19.3 Å². The molecule has 11 nitrogen and oxygen atoms in total. The molecule has 7 N–H and O–H groups in total. The Balaban J connectivity index is 2.73. The molecule has 0 aliphatic heterocycles. The number of rotatable bonds is 12. The average Bonchev–Trinajstić information content (AvgIpc) is 2.70. The van der Waals surface area contributed by atoms with Crippen LogP contribution in [0.15, 0.2) is 30.3 Å². The molecule has 0 aliphatic rings. The molecular formula is C19H26N4O7. The van der Waals surface area contributed by atoms with Crippen molar-refractivity contribution in [3.8, 4) is 0 Å². The van der Waals surface area contributed by atoms with Crippen LogP contribution in [0.1, 0.15) is 25.3 Å². The van der Waals surface area contributed by atoms with Crippen molar-refractivity contribution in [3.05, 3.63) is 35.9 Å². The maximum absolute atomic E-state index is 12.4. The van der Waals surface area contributed by atoms with Crippen LogP contribution in [0.4, 0.5) is 0 Å². The molecule has 1 aromatic rings. The van der Waals surface area contributed by atoms with Gasteiger partial charge in [-0.15, -0.1) is 0 Å². The van der Waals surface area contributed by atoms with E-state index in [1.807, 2.05) is 0 Å². The van der Waals surface area contributed by atoms with E-state index < -0.39 is 54.3 Å². The van der Waals surface area contributed by atoms with Gasteiger partial charge in [0.1, 0.15) is 18.1 Å². The van der Waals surface area contributed by atoms with Crippen LogP contribution in [0.25, 0.3) is 0 Å². The molecule has 0 bridgehead atoms. The Morgan fingerprint density at radius 3 is 2.10 bits per heavy atom. The molecule has 3 amide bonds. The minimum Gasteiger partial charge on any atom is -0.481 e. The number of hydrogen-bond acceptors (Lipinski definition) is 6. The van der Waals surface area contributed by atoms with E-state index in [1.54, 1.807) is 30.3 Å². The first-order chi connectivity index (χ1) is 14.1. The lowest BCUT2D eigenvalue weighted by Crippen LogP contribution is -2.55. The minimum atomic E-state index is -1.24. The van der Waals surface area contributed by atoms with Crippen molar-refractivity contribution in [1.29, 1.82) is 0 Å². The van der Waals surface area contributed by atoms with Crippen molar-refractivity contribution in [2.24, 2.45) is 5.73 Å². The molecule has 0 saturated heterocycles. The SMILES string of the molecule is CC(NC(=O)C(CCC(=O)O)NC(=O)CN)C(=O)NC(Cc1ccccc1)C(=O)O. The molecule has 0 fully saturated rings. The van der Waals surface area contributed by atoms with Crippen LogP contribution in [0, 0.1) is 0 Å². The quantitative estimate of drug-likeness (QED) is 0.237. The predicted octanol–water partition coefficient (Wildman–Crippen LogP) is -1.39. The molecule has 0 aliphatic carbocycles. The molecule has 0 aromatic heterocycles. The molecule has 0 spiro atoms. The van der Waals surface area contributed by atoms with E-state index in [0.29, 0.717) is 5.56 Å². The van der Waals surface area contributed by atoms with Gasteiger partial charge in [0, 0.05) is 12.8 Å². The Morgan fingerprint density at radius 1 is 0.933 bits per heavy atom. The molecule has 0 saturated carbocycles. The van der Waals surface area contributed by atoms with E-state index in [2.05, 4.69) is 16.0 Å². The second-order valence-corrected chi connectivity index (χ2v) is 6.58. The maximum Gasteiger partial charge on any atom is 0.326 e. The van der Waals surface area contributed by atoms with Gasteiger partial charge in [-0.1, -0.05) is 30.3 Å². The van der Waals surface area contributed by atoms with Crippen LogP contribution in [-0.2, 0) is 30.4 Å². The highest BCUT2D eigenvalue weighted by Gasteiger charge is 2.27. The third-order valence-corrected chi connectivity index (χ3v) is 4.13. The highest BCUT2D eigenvalue weighted by atomic mass is 16.4. The first kappa shape index (κ1) is 24.6. The third kappa shape index (κ3) is 8.69. The summed E-state index contributed by atoms with van der Waals surface area (Å²) < 4.78 is 0. The lowest BCUT2D eigenvalue weighted by Gasteiger charge is -2.22. The van der Waals surface area contributed by atoms with Crippen LogP contribution < -0.4 is 21.7 Å². The van der Waals surface area contributed by atoms with Gasteiger partial charge in [0.25, 0.3) is 0 Å². The fourth-order valence-corrected chi connectivity index (χ4v) is 2.52. The minimum absolute atomic E-state index is 0.0520. The number of amides is 3. The van der Waals surface area contributed by atoms with E-state index in [9.17, 15) is 29.1 Å². The van der Waals surface area contributed by atoms with Crippen molar-refractivity contribution >= 4 is 29.7 Å². The van der Waals surface area contributed by atoms with Crippen molar-refractivity contribution in [2.75, 3.05) is 6.54 Å². The summed E-state index contributed by atoms with van der Waals surface area (Å²) in [7, 11) is 0. The van der Waals surface area contributed by atoms with Gasteiger partial charge in [-0.2, -0.15) is 0 Å². The molecule has 11 heteroatoms. The topological polar surface area (TPSA) is 188 Å². The maximum atomic E-state index is 12.4.